The van der Waals surface area contributed by atoms with Crippen molar-refractivity contribution in [2.75, 3.05) is 21.3 Å². The Bertz CT molecular complexity index is 755. The van der Waals surface area contributed by atoms with Crippen LogP contribution < -0.4 is 14.8 Å². The van der Waals surface area contributed by atoms with Gasteiger partial charge in [-0.1, -0.05) is 17.7 Å². The molecule has 0 unspecified atom stereocenters. The Morgan fingerprint density at radius 3 is 2.48 bits per heavy atom. The summed E-state index contributed by atoms with van der Waals surface area (Å²) in [5.74, 6) is 0.353. The maximum absolute atomic E-state index is 13.7. The molecule has 2 aromatic rings. The van der Waals surface area contributed by atoms with Gasteiger partial charge in [0.25, 0.3) is 0 Å². The van der Waals surface area contributed by atoms with Crippen LogP contribution in [-0.4, -0.2) is 32.2 Å². The average molecular weight is 367 g/mol. The molecule has 0 radical (unpaired) electrons. The van der Waals surface area contributed by atoms with E-state index in [4.69, 9.17) is 21.1 Å². The van der Waals surface area contributed by atoms with Gasteiger partial charge in [0.1, 0.15) is 5.75 Å². The third-order valence-corrected chi connectivity index (χ3v) is 3.89. The molecule has 0 atom stereocenters. The van der Waals surface area contributed by atoms with Gasteiger partial charge in [-0.3, -0.25) is 0 Å². The Labute approximate surface area is 151 Å². The van der Waals surface area contributed by atoms with Crippen LogP contribution in [-0.2, 0) is 13.1 Å². The monoisotopic (exact) mass is 366 g/mol. The number of methoxy groups -OCH3 is 2. The lowest BCUT2D eigenvalue weighted by atomic mass is 10.2. The molecular formula is C18H20ClFN2O3. The lowest BCUT2D eigenvalue weighted by Gasteiger charge is -2.19. The maximum atomic E-state index is 13.7. The Morgan fingerprint density at radius 1 is 1.16 bits per heavy atom. The van der Waals surface area contributed by atoms with Gasteiger partial charge in [0.05, 0.1) is 14.2 Å². The highest BCUT2D eigenvalue weighted by atomic mass is 35.5. The summed E-state index contributed by atoms with van der Waals surface area (Å²) in [6.45, 7) is 0.531. The van der Waals surface area contributed by atoms with E-state index in [-0.39, 0.29) is 24.9 Å². The number of hydrogen-bond acceptors (Lipinski definition) is 3. The van der Waals surface area contributed by atoms with Crippen molar-refractivity contribution in [3.63, 3.8) is 0 Å². The van der Waals surface area contributed by atoms with Crippen molar-refractivity contribution in [1.29, 1.82) is 0 Å². The number of carbonyl (C=O) groups excluding carboxylic acids is 1. The zero-order valence-electron chi connectivity index (χ0n) is 14.3. The molecule has 0 aliphatic carbocycles. The number of urea groups is 1. The minimum Gasteiger partial charge on any atom is -0.496 e. The third-order valence-electron chi connectivity index (χ3n) is 3.66. The quantitative estimate of drug-likeness (QED) is 0.845. The summed E-state index contributed by atoms with van der Waals surface area (Å²) in [4.78, 5) is 13.7. The van der Waals surface area contributed by atoms with Crippen molar-refractivity contribution in [2.45, 2.75) is 13.1 Å². The van der Waals surface area contributed by atoms with Crippen LogP contribution in [0.5, 0.6) is 11.5 Å². The van der Waals surface area contributed by atoms with Gasteiger partial charge < -0.3 is 19.7 Å². The summed E-state index contributed by atoms with van der Waals surface area (Å²) in [6.07, 6.45) is 0. The van der Waals surface area contributed by atoms with Crippen LogP contribution in [0.15, 0.2) is 36.4 Å². The highest BCUT2D eigenvalue weighted by Gasteiger charge is 2.12. The van der Waals surface area contributed by atoms with Gasteiger partial charge in [0.15, 0.2) is 11.6 Å². The van der Waals surface area contributed by atoms with Gasteiger partial charge in [0.2, 0.25) is 0 Å². The largest absolute Gasteiger partial charge is 0.496 e. The molecular weight excluding hydrogens is 347 g/mol. The fourth-order valence-corrected chi connectivity index (χ4v) is 2.54. The van der Waals surface area contributed by atoms with Gasteiger partial charge in [-0.05, 0) is 35.9 Å². The van der Waals surface area contributed by atoms with Crippen LogP contribution in [0.1, 0.15) is 11.1 Å². The van der Waals surface area contributed by atoms with Gasteiger partial charge >= 0.3 is 6.03 Å². The molecule has 0 spiro atoms. The minimum absolute atomic E-state index is 0.170. The summed E-state index contributed by atoms with van der Waals surface area (Å²) in [5.41, 5.74) is 1.43. The Balaban J connectivity index is 1.96. The number of amides is 2. The van der Waals surface area contributed by atoms with Crippen molar-refractivity contribution in [1.82, 2.24) is 10.2 Å². The molecule has 25 heavy (non-hydrogen) atoms. The molecule has 0 aromatic heterocycles. The van der Waals surface area contributed by atoms with Gasteiger partial charge in [-0.25, -0.2) is 9.18 Å². The Hall–Kier alpha value is -2.47. The van der Waals surface area contributed by atoms with E-state index in [0.29, 0.717) is 16.3 Å². The normalized spacial score (nSPS) is 10.3. The van der Waals surface area contributed by atoms with Crippen LogP contribution in [0.2, 0.25) is 5.02 Å². The predicted octanol–water partition coefficient (Wildman–Crippen LogP) is 3.84. The lowest BCUT2D eigenvalue weighted by Crippen LogP contribution is -2.36. The maximum Gasteiger partial charge on any atom is 0.317 e. The summed E-state index contributed by atoms with van der Waals surface area (Å²) >= 11 is 5.97. The number of nitrogens with zero attached hydrogens (tertiary/aromatic N) is 1. The van der Waals surface area contributed by atoms with Crippen LogP contribution in [0, 0.1) is 5.82 Å². The molecule has 2 amide bonds. The zero-order chi connectivity index (χ0) is 18.4. The first kappa shape index (κ1) is 18.9. The van der Waals surface area contributed by atoms with E-state index in [9.17, 15) is 9.18 Å². The summed E-state index contributed by atoms with van der Waals surface area (Å²) in [7, 11) is 4.59. The molecule has 0 heterocycles. The van der Waals surface area contributed by atoms with Crippen molar-refractivity contribution in [3.8, 4) is 11.5 Å². The SMILES string of the molecule is COc1ccc(CN(C)C(=O)NCc2cc(Cl)ccc2OC)cc1F. The standard InChI is InChI=1S/C18H20ClFN2O3/c1-22(11-12-4-6-17(25-3)15(20)8-12)18(23)21-10-13-9-14(19)5-7-16(13)24-2/h4-9H,10-11H2,1-3H3,(H,21,23). The van der Waals surface area contributed by atoms with E-state index in [2.05, 4.69) is 5.32 Å². The van der Waals surface area contributed by atoms with Crippen molar-refractivity contribution < 1.29 is 18.7 Å². The second kappa shape index (κ2) is 8.58. The molecule has 0 fully saturated rings. The molecule has 1 N–H and O–H groups in total. The number of rotatable bonds is 6. The Kier molecular flexibility index (Phi) is 6.47. The number of halogens is 2. The second-order valence-corrected chi connectivity index (χ2v) is 5.88. The fourth-order valence-electron chi connectivity index (χ4n) is 2.35. The van der Waals surface area contributed by atoms with Crippen LogP contribution in [0.25, 0.3) is 0 Å². The van der Waals surface area contributed by atoms with Gasteiger partial charge in [-0.2, -0.15) is 0 Å². The number of nitrogens with one attached hydrogen (secondary N) is 1. The van der Waals surface area contributed by atoms with Crippen molar-refractivity contribution in [2.24, 2.45) is 0 Å². The van der Waals surface area contributed by atoms with Crippen LogP contribution in [0.4, 0.5) is 9.18 Å². The van der Waals surface area contributed by atoms with Crippen LogP contribution >= 0.6 is 11.6 Å². The van der Waals surface area contributed by atoms with Crippen molar-refractivity contribution >= 4 is 17.6 Å². The Morgan fingerprint density at radius 2 is 1.84 bits per heavy atom. The first-order valence-electron chi connectivity index (χ1n) is 7.58. The summed E-state index contributed by atoms with van der Waals surface area (Å²) < 4.78 is 23.8. The summed E-state index contributed by atoms with van der Waals surface area (Å²) in [5, 5.41) is 3.35. The fraction of sp³-hybridized carbons (Fsp3) is 0.278. The molecule has 7 heteroatoms. The molecule has 0 bridgehead atoms. The number of carbonyl (C=O) groups is 1. The average Bonchev–Trinajstić information content (AvgIpc) is 2.59. The molecule has 2 rings (SSSR count). The summed E-state index contributed by atoms with van der Waals surface area (Å²) in [6, 6.07) is 9.50. The van der Waals surface area contributed by atoms with E-state index in [0.717, 1.165) is 5.56 Å². The van der Waals surface area contributed by atoms with Gasteiger partial charge in [-0.15, -0.1) is 0 Å². The van der Waals surface area contributed by atoms with E-state index >= 15 is 0 Å². The minimum atomic E-state index is -0.461. The first-order chi connectivity index (χ1) is 11.9. The topological polar surface area (TPSA) is 50.8 Å². The molecule has 2 aromatic carbocycles. The molecule has 134 valence electrons. The predicted molar refractivity (Wildman–Crippen MR) is 94.7 cm³/mol. The van der Waals surface area contributed by atoms with E-state index in [1.807, 2.05) is 0 Å². The lowest BCUT2D eigenvalue weighted by molar-refractivity contribution is 0.206. The second-order valence-electron chi connectivity index (χ2n) is 5.44. The van der Waals surface area contributed by atoms with Crippen LogP contribution in [0.3, 0.4) is 0 Å². The van der Waals surface area contributed by atoms with E-state index in [1.165, 1.54) is 24.1 Å². The molecule has 0 aliphatic rings. The first-order valence-corrected chi connectivity index (χ1v) is 7.96. The number of hydrogen-bond donors (Lipinski definition) is 1. The highest BCUT2D eigenvalue weighted by Crippen LogP contribution is 2.22. The molecule has 0 saturated heterocycles. The molecule has 0 aliphatic heterocycles. The molecule has 0 saturated carbocycles. The number of ether oxygens (including phenoxy) is 2. The third kappa shape index (κ3) is 5.00. The zero-order valence-corrected chi connectivity index (χ0v) is 15.1. The van der Waals surface area contributed by atoms with Crippen molar-refractivity contribution in [3.05, 3.63) is 58.4 Å². The molecule has 5 nitrogen and oxygen atoms in total. The number of benzene rings is 2. The highest BCUT2D eigenvalue weighted by molar-refractivity contribution is 6.30. The van der Waals surface area contributed by atoms with Gasteiger partial charge in [0, 0.05) is 30.7 Å². The van der Waals surface area contributed by atoms with E-state index < -0.39 is 5.82 Å². The smallest absolute Gasteiger partial charge is 0.317 e. The van der Waals surface area contributed by atoms with E-state index in [1.54, 1.807) is 38.4 Å².